The number of amides is 1. The van der Waals surface area contributed by atoms with Gasteiger partial charge in [-0.3, -0.25) is 4.79 Å². The van der Waals surface area contributed by atoms with Gasteiger partial charge in [0.25, 0.3) is 5.91 Å². The van der Waals surface area contributed by atoms with Gasteiger partial charge in [0.05, 0.1) is 0 Å². The van der Waals surface area contributed by atoms with E-state index in [0.29, 0.717) is 6.04 Å². The zero-order valence-corrected chi connectivity index (χ0v) is 13.9. The summed E-state index contributed by atoms with van der Waals surface area (Å²) >= 11 is 3.50. The van der Waals surface area contributed by atoms with Crippen molar-refractivity contribution in [3.8, 4) is 0 Å². The summed E-state index contributed by atoms with van der Waals surface area (Å²) in [6, 6.07) is 6.28. The normalized spacial score (nSPS) is 18.9. The van der Waals surface area contributed by atoms with Crippen LogP contribution in [-0.4, -0.2) is 36.5 Å². The average molecular weight is 339 g/mol. The predicted molar refractivity (Wildman–Crippen MR) is 86.1 cm³/mol. The zero-order chi connectivity index (χ0) is 14.5. The molecule has 1 saturated heterocycles. The Labute approximate surface area is 129 Å². The lowest BCUT2D eigenvalue weighted by Crippen LogP contribution is -2.45. The van der Waals surface area contributed by atoms with Crippen molar-refractivity contribution in [3.63, 3.8) is 0 Å². The van der Waals surface area contributed by atoms with Crippen LogP contribution >= 0.6 is 15.9 Å². The number of carbonyl (C=O) groups excluding carboxylic acids is 1. The molecule has 1 aliphatic heterocycles. The van der Waals surface area contributed by atoms with Crippen LogP contribution in [0, 0.1) is 6.92 Å². The molecule has 0 saturated carbocycles. The summed E-state index contributed by atoms with van der Waals surface area (Å²) in [7, 11) is 0. The SMILES string of the molecule is CCN(CC1CCCCN1)C(=O)c1ccc(C)c(Br)c1. The lowest BCUT2D eigenvalue weighted by molar-refractivity contribution is 0.0741. The predicted octanol–water partition coefficient (Wildman–Crippen LogP) is 3.36. The lowest BCUT2D eigenvalue weighted by Gasteiger charge is -2.30. The molecule has 3 nitrogen and oxygen atoms in total. The third-order valence-electron chi connectivity index (χ3n) is 3.94. The van der Waals surface area contributed by atoms with Gasteiger partial charge in [-0.05, 0) is 50.9 Å². The third-order valence-corrected chi connectivity index (χ3v) is 4.80. The van der Waals surface area contributed by atoms with Crippen molar-refractivity contribution >= 4 is 21.8 Å². The van der Waals surface area contributed by atoms with Gasteiger partial charge in [-0.2, -0.15) is 0 Å². The number of nitrogens with zero attached hydrogens (tertiary/aromatic N) is 1. The third kappa shape index (κ3) is 3.83. The molecule has 1 N–H and O–H groups in total. The highest BCUT2D eigenvalue weighted by atomic mass is 79.9. The van der Waals surface area contributed by atoms with E-state index in [0.717, 1.165) is 35.2 Å². The number of hydrogen-bond acceptors (Lipinski definition) is 2. The van der Waals surface area contributed by atoms with Crippen LogP contribution in [-0.2, 0) is 0 Å². The Hall–Kier alpha value is -0.870. The first kappa shape index (κ1) is 15.5. The summed E-state index contributed by atoms with van der Waals surface area (Å²) in [6.07, 6.45) is 3.68. The van der Waals surface area contributed by atoms with Gasteiger partial charge in [-0.15, -0.1) is 0 Å². The van der Waals surface area contributed by atoms with Crippen molar-refractivity contribution in [1.29, 1.82) is 0 Å². The molecule has 0 bridgehead atoms. The van der Waals surface area contributed by atoms with Crippen LogP contribution in [0.3, 0.4) is 0 Å². The highest BCUT2D eigenvalue weighted by Gasteiger charge is 2.20. The fraction of sp³-hybridized carbons (Fsp3) is 0.562. The molecule has 1 aromatic carbocycles. The molecule has 1 aliphatic rings. The van der Waals surface area contributed by atoms with Gasteiger partial charge in [0.15, 0.2) is 0 Å². The van der Waals surface area contributed by atoms with Crippen molar-refractivity contribution in [1.82, 2.24) is 10.2 Å². The monoisotopic (exact) mass is 338 g/mol. The summed E-state index contributed by atoms with van der Waals surface area (Å²) < 4.78 is 0.996. The van der Waals surface area contributed by atoms with E-state index in [1.54, 1.807) is 0 Å². The summed E-state index contributed by atoms with van der Waals surface area (Å²) in [5.41, 5.74) is 1.92. The van der Waals surface area contributed by atoms with Crippen molar-refractivity contribution in [2.24, 2.45) is 0 Å². The van der Waals surface area contributed by atoms with Gasteiger partial charge in [0, 0.05) is 29.2 Å². The van der Waals surface area contributed by atoms with Crippen molar-refractivity contribution in [2.75, 3.05) is 19.6 Å². The second-order valence-electron chi connectivity index (χ2n) is 5.45. The maximum atomic E-state index is 12.6. The van der Waals surface area contributed by atoms with E-state index in [-0.39, 0.29) is 5.91 Å². The van der Waals surface area contributed by atoms with Gasteiger partial charge in [-0.25, -0.2) is 0 Å². The minimum atomic E-state index is 0.126. The molecule has 1 atom stereocenters. The number of aryl methyl sites for hydroxylation is 1. The van der Waals surface area contributed by atoms with Crippen LogP contribution in [0.1, 0.15) is 42.1 Å². The molecule has 1 aromatic rings. The van der Waals surface area contributed by atoms with Crippen molar-refractivity contribution in [3.05, 3.63) is 33.8 Å². The first-order valence-corrected chi connectivity index (χ1v) is 8.20. The molecule has 20 heavy (non-hydrogen) atoms. The quantitative estimate of drug-likeness (QED) is 0.912. The number of halogens is 1. The molecule has 110 valence electrons. The number of piperidine rings is 1. The number of rotatable bonds is 4. The molecule has 1 fully saturated rings. The summed E-state index contributed by atoms with van der Waals surface area (Å²) in [4.78, 5) is 14.5. The van der Waals surface area contributed by atoms with Crippen LogP contribution in [0.4, 0.5) is 0 Å². The zero-order valence-electron chi connectivity index (χ0n) is 12.3. The van der Waals surface area contributed by atoms with E-state index in [4.69, 9.17) is 0 Å². The second kappa shape index (κ2) is 7.23. The topological polar surface area (TPSA) is 32.3 Å². The van der Waals surface area contributed by atoms with Crippen molar-refractivity contribution in [2.45, 2.75) is 39.2 Å². The highest BCUT2D eigenvalue weighted by Crippen LogP contribution is 2.19. The summed E-state index contributed by atoms with van der Waals surface area (Å²) in [5, 5.41) is 3.51. The molecule has 1 heterocycles. The molecule has 0 aliphatic carbocycles. The van der Waals surface area contributed by atoms with E-state index < -0.39 is 0 Å². The highest BCUT2D eigenvalue weighted by molar-refractivity contribution is 9.10. The minimum absolute atomic E-state index is 0.126. The van der Waals surface area contributed by atoms with E-state index in [9.17, 15) is 4.79 Å². The Morgan fingerprint density at radius 1 is 1.45 bits per heavy atom. The lowest BCUT2D eigenvalue weighted by atomic mass is 10.0. The van der Waals surface area contributed by atoms with Crippen LogP contribution in [0.2, 0.25) is 0 Å². The minimum Gasteiger partial charge on any atom is -0.337 e. The van der Waals surface area contributed by atoms with Crippen LogP contribution < -0.4 is 5.32 Å². The molecule has 2 rings (SSSR count). The largest absolute Gasteiger partial charge is 0.337 e. The number of benzene rings is 1. The van der Waals surface area contributed by atoms with Gasteiger partial charge in [-0.1, -0.05) is 28.4 Å². The molecular formula is C16H23BrN2O. The number of nitrogens with one attached hydrogen (secondary N) is 1. The van der Waals surface area contributed by atoms with E-state index in [1.807, 2.05) is 36.9 Å². The fourth-order valence-electron chi connectivity index (χ4n) is 2.61. The molecular weight excluding hydrogens is 316 g/mol. The molecule has 1 amide bonds. The summed E-state index contributed by atoms with van der Waals surface area (Å²) in [5.74, 6) is 0.126. The molecule has 0 radical (unpaired) electrons. The standard InChI is InChI=1S/C16H23BrN2O/c1-3-19(11-14-6-4-5-9-18-14)16(20)13-8-7-12(2)15(17)10-13/h7-8,10,14,18H,3-6,9,11H2,1-2H3. The molecule has 0 aromatic heterocycles. The first-order valence-electron chi connectivity index (χ1n) is 7.40. The maximum absolute atomic E-state index is 12.6. The molecule has 4 heteroatoms. The van der Waals surface area contributed by atoms with Gasteiger partial charge in [0.2, 0.25) is 0 Å². The van der Waals surface area contributed by atoms with E-state index in [1.165, 1.54) is 19.3 Å². The van der Waals surface area contributed by atoms with E-state index >= 15 is 0 Å². The summed E-state index contributed by atoms with van der Waals surface area (Å²) in [6.45, 7) is 6.71. The number of likely N-dealkylation sites (N-methyl/N-ethyl adjacent to an activating group) is 1. The maximum Gasteiger partial charge on any atom is 0.253 e. The molecule has 1 unspecified atom stereocenters. The van der Waals surface area contributed by atoms with Gasteiger partial charge >= 0.3 is 0 Å². The Morgan fingerprint density at radius 3 is 2.85 bits per heavy atom. The second-order valence-corrected chi connectivity index (χ2v) is 6.31. The Balaban J connectivity index is 2.05. The number of hydrogen-bond donors (Lipinski definition) is 1. The molecule has 0 spiro atoms. The Morgan fingerprint density at radius 2 is 2.25 bits per heavy atom. The average Bonchev–Trinajstić information content (AvgIpc) is 2.48. The Kier molecular flexibility index (Phi) is 5.61. The van der Waals surface area contributed by atoms with Crippen LogP contribution in [0.25, 0.3) is 0 Å². The van der Waals surface area contributed by atoms with Crippen LogP contribution in [0.5, 0.6) is 0 Å². The van der Waals surface area contributed by atoms with Gasteiger partial charge < -0.3 is 10.2 Å². The van der Waals surface area contributed by atoms with E-state index in [2.05, 4.69) is 21.2 Å². The first-order chi connectivity index (χ1) is 9.61. The van der Waals surface area contributed by atoms with Crippen molar-refractivity contribution < 1.29 is 4.79 Å². The fourth-order valence-corrected chi connectivity index (χ4v) is 2.99. The smallest absolute Gasteiger partial charge is 0.253 e. The van der Waals surface area contributed by atoms with Crippen LogP contribution in [0.15, 0.2) is 22.7 Å². The number of carbonyl (C=O) groups is 1. The Bertz CT molecular complexity index is 470. The van der Waals surface area contributed by atoms with Gasteiger partial charge in [0.1, 0.15) is 0 Å².